The van der Waals surface area contributed by atoms with Crippen molar-refractivity contribution in [3.05, 3.63) is 39.6 Å². The minimum atomic E-state index is -0.120. The van der Waals surface area contributed by atoms with Crippen LogP contribution in [0.2, 0.25) is 10.0 Å². The maximum absolute atomic E-state index is 12.5. The predicted molar refractivity (Wildman–Crippen MR) is 130 cm³/mol. The summed E-state index contributed by atoms with van der Waals surface area (Å²) >= 11 is 12.5. The zero-order valence-electron chi connectivity index (χ0n) is 19.3. The predicted octanol–water partition coefficient (Wildman–Crippen LogP) is 4.76. The van der Waals surface area contributed by atoms with Crippen molar-refractivity contribution in [2.45, 2.75) is 45.8 Å². The van der Waals surface area contributed by atoms with Crippen LogP contribution >= 0.6 is 23.2 Å². The Morgan fingerprint density at radius 1 is 1.16 bits per heavy atom. The number of rotatable bonds is 7. The Kier molecular flexibility index (Phi) is 8.20. The van der Waals surface area contributed by atoms with E-state index in [1.807, 2.05) is 32.9 Å². The Bertz CT molecular complexity index is 970. The summed E-state index contributed by atoms with van der Waals surface area (Å²) in [7, 11) is 3.52. The summed E-state index contributed by atoms with van der Waals surface area (Å²) in [5.41, 5.74) is 3.28. The van der Waals surface area contributed by atoms with Crippen molar-refractivity contribution in [1.82, 2.24) is 19.8 Å². The van der Waals surface area contributed by atoms with E-state index in [1.165, 1.54) is 0 Å². The summed E-state index contributed by atoms with van der Waals surface area (Å²) in [6.07, 6.45) is 1.28. The quantitative estimate of drug-likeness (QED) is 0.619. The highest BCUT2D eigenvalue weighted by Gasteiger charge is 2.37. The van der Waals surface area contributed by atoms with Gasteiger partial charge in [0.2, 0.25) is 0 Å². The lowest BCUT2D eigenvalue weighted by atomic mass is 10.1. The van der Waals surface area contributed by atoms with Crippen LogP contribution in [0.15, 0.2) is 18.2 Å². The SMILES string of the molecule is CCO[C@H]1CN(C(=O)N(C)C)C[C@H]1Nc1nc(CC)c(-c2ccc(Cl)cc2Cl)nc1CC. The molecule has 0 saturated carbocycles. The van der Waals surface area contributed by atoms with Gasteiger partial charge in [0.1, 0.15) is 5.82 Å². The fraction of sp³-hybridized carbons (Fsp3) is 0.522. The number of hydrogen-bond donors (Lipinski definition) is 1. The fourth-order valence-electron chi connectivity index (χ4n) is 3.92. The van der Waals surface area contributed by atoms with Crippen LogP contribution in [0.5, 0.6) is 0 Å². The van der Waals surface area contributed by atoms with Crippen LogP contribution in [-0.2, 0) is 17.6 Å². The molecule has 0 bridgehead atoms. The first-order chi connectivity index (χ1) is 15.3. The first kappa shape index (κ1) is 24.6. The number of carbonyl (C=O) groups excluding carboxylic acids is 1. The number of urea groups is 1. The van der Waals surface area contributed by atoms with Crippen molar-refractivity contribution < 1.29 is 9.53 Å². The minimum absolute atomic E-state index is 0.0252. The van der Waals surface area contributed by atoms with Gasteiger partial charge in [0.25, 0.3) is 0 Å². The Labute approximate surface area is 200 Å². The summed E-state index contributed by atoms with van der Waals surface area (Å²) in [5.74, 6) is 0.729. The van der Waals surface area contributed by atoms with Crippen molar-refractivity contribution in [2.24, 2.45) is 0 Å². The van der Waals surface area contributed by atoms with E-state index in [-0.39, 0.29) is 18.2 Å². The molecule has 32 heavy (non-hydrogen) atoms. The number of carbonyl (C=O) groups is 1. The molecule has 0 spiro atoms. The van der Waals surface area contributed by atoms with Gasteiger partial charge in [-0.2, -0.15) is 0 Å². The van der Waals surface area contributed by atoms with Gasteiger partial charge < -0.3 is 19.9 Å². The first-order valence-corrected chi connectivity index (χ1v) is 11.7. The zero-order valence-corrected chi connectivity index (χ0v) is 20.8. The molecule has 1 aliphatic rings. The highest BCUT2D eigenvalue weighted by molar-refractivity contribution is 6.36. The van der Waals surface area contributed by atoms with Crippen molar-refractivity contribution >= 4 is 35.1 Å². The molecular formula is C23H31Cl2N5O2. The van der Waals surface area contributed by atoms with E-state index in [9.17, 15) is 4.79 Å². The molecule has 1 aromatic heterocycles. The number of anilines is 1. The molecule has 2 amide bonds. The van der Waals surface area contributed by atoms with Gasteiger partial charge in [0.15, 0.2) is 0 Å². The number of halogens is 2. The number of ether oxygens (including phenoxy) is 1. The van der Waals surface area contributed by atoms with Crippen LogP contribution in [0.3, 0.4) is 0 Å². The second kappa shape index (κ2) is 10.7. The molecule has 1 saturated heterocycles. The van der Waals surface area contributed by atoms with Crippen molar-refractivity contribution in [1.29, 1.82) is 0 Å². The van der Waals surface area contributed by atoms with Crippen LogP contribution in [0.25, 0.3) is 11.3 Å². The molecule has 2 atom stereocenters. The Morgan fingerprint density at radius 2 is 1.88 bits per heavy atom. The van der Waals surface area contributed by atoms with Gasteiger partial charge in [-0.1, -0.05) is 37.0 Å². The van der Waals surface area contributed by atoms with E-state index in [1.54, 1.807) is 30.0 Å². The lowest BCUT2D eigenvalue weighted by Crippen LogP contribution is -2.38. The van der Waals surface area contributed by atoms with E-state index >= 15 is 0 Å². The smallest absolute Gasteiger partial charge is 0.319 e. The van der Waals surface area contributed by atoms with Gasteiger partial charge in [-0.3, -0.25) is 0 Å². The minimum Gasteiger partial charge on any atom is -0.374 e. The third-order valence-corrected chi connectivity index (χ3v) is 6.07. The molecule has 0 unspecified atom stereocenters. The average Bonchev–Trinajstić information content (AvgIpc) is 3.15. The maximum atomic E-state index is 12.5. The van der Waals surface area contributed by atoms with Gasteiger partial charge in [-0.05, 0) is 38.0 Å². The number of aromatic nitrogens is 2. The zero-order chi connectivity index (χ0) is 23.4. The molecule has 2 aromatic rings. The van der Waals surface area contributed by atoms with E-state index in [0.29, 0.717) is 42.6 Å². The number of nitrogens with zero attached hydrogens (tertiary/aromatic N) is 4. The van der Waals surface area contributed by atoms with E-state index in [4.69, 9.17) is 37.9 Å². The molecule has 9 heteroatoms. The Morgan fingerprint density at radius 3 is 2.47 bits per heavy atom. The molecule has 2 heterocycles. The van der Waals surface area contributed by atoms with Crippen LogP contribution in [0, 0.1) is 0 Å². The molecule has 174 valence electrons. The number of benzene rings is 1. The summed E-state index contributed by atoms with van der Waals surface area (Å²) in [5, 5.41) is 4.66. The van der Waals surface area contributed by atoms with Gasteiger partial charge in [-0.15, -0.1) is 0 Å². The highest BCUT2D eigenvalue weighted by Crippen LogP contribution is 2.33. The Hall–Kier alpha value is -2.09. The third kappa shape index (κ3) is 5.27. The third-order valence-electron chi connectivity index (χ3n) is 5.52. The number of nitrogens with one attached hydrogen (secondary N) is 1. The molecule has 1 aromatic carbocycles. The molecule has 1 fully saturated rings. The van der Waals surface area contributed by atoms with Crippen molar-refractivity contribution in [2.75, 3.05) is 39.1 Å². The van der Waals surface area contributed by atoms with Crippen molar-refractivity contribution in [3.63, 3.8) is 0 Å². The largest absolute Gasteiger partial charge is 0.374 e. The molecular weight excluding hydrogens is 449 g/mol. The number of amides is 2. The van der Waals surface area contributed by atoms with E-state index in [2.05, 4.69) is 5.32 Å². The monoisotopic (exact) mass is 479 g/mol. The maximum Gasteiger partial charge on any atom is 0.319 e. The first-order valence-electron chi connectivity index (χ1n) is 11.0. The second-order valence-electron chi connectivity index (χ2n) is 7.97. The molecule has 3 rings (SSSR count). The molecule has 0 aliphatic carbocycles. The number of hydrogen-bond acceptors (Lipinski definition) is 5. The normalized spacial score (nSPS) is 18.2. The van der Waals surface area contributed by atoms with Crippen LogP contribution in [0.4, 0.5) is 10.6 Å². The highest BCUT2D eigenvalue weighted by atomic mass is 35.5. The topological polar surface area (TPSA) is 70.6 Å². The van der Waals surface area contributed by atoms with Gasteiger partial charge >= 0.3 is 6.03 Å². The summed E-state index contributed by atoms with van der Waals surface area (Å²) in [4.78, 5) is 25.7. The van der Waals surface area contributed by atoms with Gasteiger partial charge in [-0.25, -0.2) is 14.8 Å². The summed E-state index contributed by atoms with van der Waals surface area (Å²) in [6, 6.07) is 5.31. The van der Waals surface area contributed by atoms with E-state index in [0.717, 1.165) is 28.5 Å². The molecule has 7 nitrogen and oxygen atoms in total. The van der Waals surface area contributed by atoms with Crippen LogP contribution < -0.4 is 5.32 Å². The lowest BCUT2D eigenvalue weighted by Gasteiger charge is -2.22. The van der Waals surface area contributed by atoms with Crippen LogP contribution in [-0.4, -0.2) is 71.7 Å². The molecule has 1 aliphatic heterocycles. The van der Waals surface area contributed by atoms with E-state index < -0.39 is 0 Å². The number of aryl methyl sites for hydroxylation is 2. The molecule has 1 N–H and O–H groups in total. The van der Waals surface area contributed by atoms with Crippen molar-refractivity contribution in [3.8, 4) is 11.3 Å². The summed E-state index contributed by atoms with van der Waals surface area (Å²) in [6.45, 7) is 7.71. The van der Waals surface area contributed by atoms with Gasteiger partial charge in [0, 0.05) is 37.8 Å². The summed E-state index contributed by atoms with van der Waals surface area (Å²) < 4.78 is 5.94. The fourth-order valence-corrected chi connectivity index (χ4v) is 4.42. The molecule has 0 radical (unpaired) electrons. The number of likely N-dealkylation sites (tertiary alicyclic amines) is 1. The lowest BCUT2D eigenvalue weighted by molar-refractivity contribution is 0.0644. The Balaban J connectivity index is 1.94. The van der Waals surface area contributed by atoms with Crippen LogP contribution in [0.1, 0.15) is 32.2 Å². The second-order valence-corrected chi connectivity index (χ2v) is 8.82. The average molecular weight is 480 g/mol. The standard InChI is InChI=1S/C23H31Cl2N5O2/c1-6-17-21(15-10-9-14(24)11-16(15)25)26-18(7-2)22(27-17)28-19-12-30(23(31)29(4)5)13-20(19)32-8-3/h9-11,19-20H,6-8,12-13H2,1-5H3,(H,27,28)/t19-,20+/m1/s1. The van der Waals surface area contributed by atoms with Gasteiger partial charge in [0.05, 0.1) is 40.8 Å².